The van der Waals surface area contributed by atoms with E-state index in [9.17, 15) is 4.79 Å². The van der Waals surface area contributed by atoms with Crippen LogP contribution in [0.5, 0.6) is 0 Å². The summed E-state index contributed by atoms with van der Waals surface area (Å²) in [5, 5.41) is 3.19. The molecule has 1 heterocycles. The van der Waals surface area contributed by atoms with Gasteiger partial charge in [0.15, 0.2) is 0 Å². The third-order valence-electron chi connectivity index (χ3n) is 3.96. The highest BCUT2D eigenvalue weighted by Crippen LogP contribution is 2.44. The maximum atomic E-state index is 11.7. The molecule has 3 nitrogen and oxygen atoms in total. The van der Waals surface area contributed by atoms with Gasteiger partial charge in [-0.1, -0.05) is 13.3 Å². The van der Waals surface area contributed by atoms with Gasteiger partial charge in [-0.2, -0.15) is 0 Å². The molecular formula is C11H20N2O. The minimum absolute atomic E-state index is 0.0315. The number of nitrogens with one attached hydrogen (secondary N) is 1. The summed E-state index contributed by atoms with van der Waals surface area (Å²) >= 11 is 0. The highest BCUT2D eigenvalue weighted by molar-refractivity contribution is 5.83. The molecule has 2 rings (SSSR count). The van der Waals surface area contributed by atoms with E-state index in [-0.39, 0.29) is 11.9 Å². The lowest BCUT2D eigenvalue weighted by Gasteiger charge is -2.43. The Balaban J connectivity index is 1.94. The molecule has 1 N–H and O–H groups in total. The first-order chi connectivity index (χ1) is 6.67. The number of nitrogens with zero attached hydrogens (tertiary/aromatic N) is 1. The topological polar surface area (TPSA) is 32.3 Å². The minimum atomic E-state index is 0.0315. The fraction of sp³-hybridized carbons (Fsp3) is 0.909. The highest BCUT2D eigenvalue weighted by atomic mass is 16.2. The smallest absolute Gasteiger partial charge is 0.240 e. The van der Waals surface area contributed by atoms with Gasteiger partial charge in [-0.15, -0.1) is 0 Å². The summed E-state index contributed by atoms with van der Waals surface area (Å²) in [6, 6.07) is 0.0315. The first kappa shape index (κ1) is 9.97. The van der Waals surface area contributed by atoms with Crippen molar-refractivity contribution in [2.24, 2.45) is 5.41 Å². The Hall–Kier alpha value is -0.570. The van der Waals surface area contributed by atoms with Gasteiger partial charge < -0.3 is 4.90 Å². The van der Waals surface area contributed by atoms with Gasteiger partial charge in [-0.05, 0) is 31.6 Å². The normalized spacial score (nSPS) is 30.6. The number of carbonyl (C=O) groups is 1. The van der Waals surface area contributed by atoms with Crippen LogP contribution < -0.4 is 5.32 Å². The Kier molecular flexibility index (Phi) is 2.52. The molecular weight excluding hydrogens is 176 g/mol. The van der Waals surface area contributed by atoms with E-state index in [0.717, 1.165) is 13.2 Å². The van der Waals surface area contributed by atoms with Gasteiger partial charge in [0, 0.05) is 6.54 Å². The zero-order valence-corrected chi connectivity index (χ0v) is 9.18. The van der Waals surface area contributed by atoms with Gasteiger partial charge in [0.2, 0.25) is 5.91 Å². The van der Waals surface area contributed by atoms with Crippen LogP contribution in [0.4, 0.5) is 0 Å². The summed E-state index contributed by atoms with van der Waals surface area (Å²) in [5.41, 5.74) is 0.460. The highest BCUT2D eigenvalue weighted by Gasteiger charge is 2.40. The summed E-state index contributed by atoms with van der Waals surface area (Å²) < 4.78 is 0. The molecule has 1 aliphatic carbocycles. The number of amides is 1. The molecule has 0 aromatic heterocycles. The zero-order chi connectivity index (χ0) is 10.2. The quantitative estimate of drug-likeness (QED) is 0.739. The second-order valence-electron chi connectivity index (χ2n) is 4.83. The van der Waals surface area contributed by atoms with Gasteiger partial charge in [-0.3, -0.25) is 10.1 Å². The second-order valence-corrected chi connectivity index (χ2v) is 4.83. The Bertz CT molecular complexity index is 230. The Labute approximate surface area is 85.8 Å². The Morgan fingerprint density at radius 2 is 2.29 bits per heavy atom. The van der Waals surface area contributed by atoms with Gasteiger partial charge in [0.25, 0.3) is 0 Å². The van der Waals surface area contributed by atoms with Crippen molar-refractivity contribution < 1.29 is 4.79 Å². The van der Waals surface area contributed by atoms with Crippen molar-refractivity contribution in [2.75, 3.05) is 13.2 Å². The summed E-state index contributed by atoms with van der Waals surface area (Å²) in [7, 11) is 0. The number of carbonyl (C=O) groups excluding carboxylic acids is 1. The van der Waals surface area contributed by atoms with E-state index in [1.807, 2.05) is 11.8 Å². The summed E-state index contributed by atoms with van der Waals surface area (Å²) in [6.45, 7) is 5.92. The van der Waals surface area contributed by atoms with Gasteiger partial charge in [-0.25, -0.2) is 0 Å². The molecule has 0 aromatic rings. The molecule has 3 heteroatoms. The SMILES string of the molecule is CCC1(CN2CNC(C)C2=O)CCC1. The standard InChI is InChI=1S/C11H20N2O/c1-3-11(5-4-6-11)7-13-8-12-9(2)10(13)14/h9,12H,3-8H2,1-2H3. The molecule has 2 fully saturated rings. The molecule has 2 aliphatic rings. The van der Waals surface area contributed by atoms with Crippen LogP contribution in [0.25, 0.3) is 0 Å². The van der Waals surface area contributed by atoms with Crippen LogP contribution in [0.15, 0.2) is 0 Å². The predicted molar refractivity (Wildman–Crippen MR) is 55.8 cm³/mol. The molecule has 14 heavy (non-hydrogen) atoms. The van der Waals surface area contributed by atoms with Crippen LogP contribution >= 0.6 is 0 Å². The van der Waals surface area contributed by atoms with Crippen molar-refractivity contribution in [3.63, 3.8) is 0 Å². The average Bonchev–Trinajstić information content (AvgIpc) is 2.42. The fourth-order valence-corrected chi connectivity index (χ4v) is 2.53. The van der Waals surface area contributed by atoms with E-state index in [2.05, 4.69) is 12.2 Å². The van der Waals surface area contributed by atoms with E-state index in [1.165, 1.54) is 25.7 Å². The third kappa shape index (κ3) is 1.54. The van der Waals surface area contributed by atoms with Crippen molar-refractivity contribution in [1.29, 1.82) is 0 Å². The fourth-order valence-electron chi connectivity index (χ4n) is 2.53. The van der Waals surface area contributed by atoms with Crippen molar-refractivity contribution in [1.82, 2.24) is 10.2 Å². The monoisotopic (exact) mass is 196 g/mol. The maximum Gasteiger partial charge on any atom is 0.240 e. The number of hydrogen-bond acceptors (Lipinski definition) is 2. The van der Waals surface area contributed by atoms with Crippen LogP contribution in [-0.2, 0) is 4.79 Å². The molecule has 0 spiro atoms. The number of hydrogen-bond donors (Lipinski definition) is 1. The average molecular weight is 196 g/mol. The van der Waals surface area contributed by atoms with E-state index in [0.29, 0.717) is 5.41 Å². The molecule has 1 aliphatic heterocycles. The van der Waals surface area contributed by atoms with E-state index >= 15 is 0 Å². The summed E-state index contributed by atoms with van der Waals surface area (Å²) in [4.78, 5) is 13.7. The summed E-state index contributed by atoms with van der Waals surface area (Å²) in [6.07, 6.45) is 5.17. The van der Waals surface area contributed by atoms with Crippen LogP contribution in [0, 0.1) is 5.41 Å². The lowest BCUT2D eigenvalue weighted by Crippen LogP contribution is -2.43. The Morgan fingerprint density at radius 1 is 1.57 bits per heavy atom. The lowest BCUT2D eigenvalue weighted by molar-refractivity contribution is -0.130. The van der Waals surface area contributed by atoms with Crippen LogP contribution in [0.3, 0.4) is 0 Å². The van der Waals surface area contributed by atoms with Crippen molar-refractivity contribution in [3.05, 3.63) is 0 Å². The second kappa shape index (κ2) is 3.54. The lowest BCUT2D eigenvalue weighted by atomic mass is 9.67. The van der Waals surface area contributed by atoms with Gasteiger partial charge in [0.1, 0.15) is 0 Å². The molecule has 1 amide bonds. The molecule has 1 atom stereocenters. The largest absolute Gasteiger partial charge is 0.328 e. The van der Waals surface area contributed by atoms with Crippen molar-refractivity contribution >= 4 is 5.91 Å². The van der Waals surface area contributed by atoms with Crippen molar-refractivity contribution in [2.45, 2.75) is 45.6 Å². The molecule has 1 unspecified atom stereocenters. The molecule has 80 valence electrons. The van der Waals surface area contributed by atoms with Crippen molar-refractivity contribution in [3.8, 4) is 0 Å². The van der Waals surface area contributed by atoms with E-state index in [1.54, 1.807) is 0 Å². The Morgan fingerprint density at radius 3 is 2.64 bits per heavy atom. The van der Waals surface area contributed by atoms with Gasteiger partial charge in [0.05, 0.1) is 12.7 Å². The molecule has 0 radical (unpaired) electrons. The summed E-state index contributed by atoms with van der Waals surface area (Å²) in [5.74, 6) is 0.282. The van der Waals surface area contributed by atoms with Crippen LogP contribution in [0.2, 0.25) is 0 Å². The first-order valence-corrected chi connectivity index (χ1v) is 5.69. The first-order valence-electron chi connectivity index (χ1n) is 5.69. The minimum Gasteiger partial charge on any atom is -0.328 e. The molecule has 1 saturated heterocycles. The maximum absolute atomic E-state index is 11.7. The number of rotatable bonds is 3. The molecule has 0 bridgehead atoms. The third-order valence-corrected chi connectivity index (χ3v) is 3.96. The molecule has 0 aromatic carbocycles. The zero-order valence-electron chi connectivity index (χ0n) is 9.18. The van der Waals surface area contributed by atoms with Crippen LogP contribution in [0.1, 0.15) is 39.5 Å². The van der Waals surface area contributed by atoms with E-state index in [4.69, 9.17) is 0 Å². The molecule has 1 saturated carbocycles. The van der Waals surface area contributed by atoms with Gasteiger partial charge >= 0.3 is 0 Å². The van der Waals surface area contributed by atoms with E-state index < -0.39 is 0 Å². The predicted octanol–water partition coefficient (Wildman–Crippen LogP) is 1.34. The van der Waals surface area contributed by atoms with Crippen LogP contribution in [-0.4, -0.2) is 30.1 Å².